The van der Waals surface area contributed by atoms with E-state index in [-0.39, 0.29) is 29.2 Å². The summed E-state index contributed by atoms with van der Waals surface area (Å²) in [6.45, 7) is 3.92. The van der Waals surface area contributed by atoms with Gasteiger partial charge in [-0.2, -0.15) is 0 Å². The van der Waals surface area contributed by atoms with E-state index in [4.69, 9.17) is 5.73 Å². The topological polar surface area (TPSA) is 122 Å². The maximum absolute atomic E-state index is 13.2. The third-order valence-electron chi connectivity index (χ3n) is 5.29. The lowest BCUT2D eigenvalue weighted by molar-refractivity contribution is 0.102. The van der Waals surface area contributed by atoms with Crippen LogP contribution in [-0.4, -0.2) is 30.2 Å². The predicted molar refractivity (Wildman–Crippen MR) is 136 cm³/mol. The Morgan fingerprint density at radius 2 is 1.85 bits per heavy atom. The number of nitrogens with two attached hydrogens (primary N) is 1. The molecule has 11 heteroatoms. The van der Waals surface area contributed by atoms with E-state index in [1.165, 1.54) is 30.0 Å². The van der Waals surface area contributed by atoms with Crippen LogP contribution in [0.3, 0.4) is 0 Å². The van der Waals surface area contributed by atoms with E-state index < -0.39 is 17.0 Å². The molecule has 1 aromatic carbocycles. The number of Topliss-reactive ketones (excluding diaryl/α,β-unsaturated/α-hetero) is 1. The Balaban J connectivity index is 1.73. The second-order valence-corrected chi connectivity index (χ2v) is 9.46. The van der Waals surface area contributed by atoms with Crippen LogP contribution in [0.4, 0.5) is 5.82 Å². The van der Waals surface area contributed by atoms with Gasteiger partial charge in [-0.3, -0.25) is 28.1 Å². The largest absolute Gasteiger partial charge is 0.384 e. The number of allylic oxidation sites excluding steroid dienone is 1. The van der Waals surface area contributed by atoms with Crippen molar-refractivity contribution in [2.75, 3.05) is 11.5 Å². The number of hydrogen-bond donors (Lipinski definition) is 1. The molecule has 34 heavy (non-hydrogen) atoms. The fraction of sp³-hybridized carbons (Fsp3) is 0.174. The van der Waals surface area contributed by atoms with Gasteiger partial charge in [-0.15, -0.1) is 17.9 Å². The molecule has 3 aromatic heterocycles. The van der Waals surface area contributed by atoms with Crippen molar-refractivity contribution in [2.24, 2.45) is 14.1 Å². The number of hydrogen-bond acceptors (Lipinski definition) is 8. The number of nitrogens with zero attached hydrogens (tertiary/aromatic N) is 4. The first kappa shape index (κ1) is 23.5. The number of thioether (sulfide) groups is 1. The van der Waals surface area contributed by atoms with Crippen LogP contribution >= 0.6 is 23.1 Å². The summed E-state index contributed by atoms with van der Waals surface area (Å²) < 4.78 is 3.84. The lowest BCUT2D eigenvalue weighted by Gasteiger charge is -2.12. The van der Waals surface area contributed by atoms with Gasteiger partial charge in [-0.1, -0.05) is 48.2 Å². The molecule has 174 valence electrons. The van der Waals surface area contributed by atoms with Gasteiger partial charge in [0.25, 0.3) is 11.1 Å². The fourth-order valence-electron chi connectivity index (χ4n) is 3.46. The minimum Gasteiger partial charge on any atom is -0.384 e. The van der Waals surface area contributed by atoms with Gasteiger partial charge in [0.1, 0.15) is 16.1 Å². The van der Waals surface area contributed by atoms with E-state index in [1.807, 2.05) is 36.4 Å². The van der Waals surface area contributed by atoms with Crippen LogP contribution in [0.1, 0.15) is 10.4 Å². The van der Waals surface area contributed by atoms with Crippen LogP contribution in [0.5, 0.6) is 0 Å². The molecule has 0 radical (unpaired) electrons. The zero-order valence-corrected chi connectivity index (χ0v) is 20.1. The molecule has 0 bridgehead atoms. The molecule has 0 fully saturated rings. The molecule has 0 amide bonds. The number of thiophene rings is 1. The van der Waals surface area contributed by atoms with Gasteiger partial charge in [0, 0.05) is 25.5 Å². The summed E-state index contributed by atoms with van der Waals surface area (Å²) in [6.07, 6.45) is 1.58. The first-order valence-electron chi connectivity index (χ1n) is 10.2. The number of fused-ring (bicyclic) bond motifs is 1. The van der Waals surface area contributed by atoms with Crippen molar-refractivity contribution < 1.29 is 4.79 Å². The van der Waals surface area contributed by atoms with Gasteiger partial charge in [0.2, 0.25) is 0 Å². The molecule has 0 atom stereocenters. The highest BCUT2D eigenvalue weighted by Crippen LogP contribution is 2.32. The smallest absolute Gasteiger partial charge is 0.332 e. The zero-order valence-electron chi connectivity index (χ0n) is 18.5. The van der Waals surface area contributed by atoms with Crippen LogP contribution < -0.4 is 22.5 Å². The van der Waals surface area contributed by atoms with Gasteiger partial charge in [0.15, 0.2) is 10.9 Å². The number of aromatic nitrogens is 4. The van der Waals surface area contributed by atoms with E-state index in [2.05, 4.69) is 11.6 Å². The van der Waals surface area contributed by atoms with Gasteiger partial charge in [0.05, 0.1) is 11.3 Å². The number of nitrogen functional groups attached to an aromatic ring is 1. The van der Waals surface area contributed by atoms with Gasteiger partial charge in [-0.25, -0.2) is 9.78 Å². The van der Waals surface area contributed by atoms with E-state index in [0.29, 0.717) is 15.4 Å². The SMILES string of the molecule is C=CCn1c(SCC(=O)c2c(N)n(C)c(=O)n(C)c2=O)nc2cc(-c3ccccc3)sc2c1=O. The monoisotopic (exact) mass is 495 g/mol. The first-order valence-corrected chi connectivity index (χ1v) is 12.0. The van der Waals surface area contributed by atoms with E-state index in [9.17, 15) is 19.2 Å². The molecule has 4 rings (SSSR count). The van der Waals surface area contributed by atoms with E-state index in [1.54, 1.807) is 6.08 Å². The molecular weight excluding hydrogens is 474 g/mol. The van der Waals surface area contributed by atoms with Crippen molar-refractivity contribution in [3.05, 3.63) is 85.8 Å². The molecule has 4 aromatic rings. The molecule has 0 saturated carbocycles. The van der Waals surface area contributed by atoms with Gasteiger partial charge >= 0.3 is 5.69 Å². The first-order chi connectivity index (χ1) is 16.2. The standard InChI is InChI=1S/C23H21N5O4S2/c1-4-10-28-21(31)18-14(11-16(34-18)13-8-6-5-7-9-13)25-22(28)33-12-15(29)17-19(24)26(2)23(32)27(3)20(17)30/h4-9,11H,1,10,12,24H2,2-3H3. The Hall–Kier alpha value is -3.70. The van der Waals surface area contributed by atoms with E-state index in [0.717, 1.165) is 31.3 Å². The summed E-state index contributed by atoms with van der Waals surface area (Å²) in [5, 5.41) is 0.323. The molecule has 2 N–H and O–H groups in total. The Morgan fingerprint density at radius 3 is 2.53 bits per heavy atom. The zero-order chi connectivity index (χ0) is 24.6. The van der Waals surface area contributed by atoms with Crippen molar-refractivity contribution in [1.29, 1.82) is 0 Å². The maximum Gasteiger partial charge on any atom is 0.332 e. The fourth-order valence-corrected chi connectivity index (χ4v) is 5.39. The summed E-state index contributed by atoms with van der Waals surface area (Å²) in [6, 6.07) is 11.5. The summed E-state index contributed by atoms with van der Waals surface area (Å²) >= 11 is 2.38. The lowest BCUT2D eigenvalue weighted by Crippen LogP contribution is -2.41. The molecule has 0 unspecified atom stereocenters. The normalized spacial score (nSPS) is 11.1. The molecule has 0 saturated heterocycles. The molecule has 0 aliphatic rings. The maximum atomic E-state index is 13.2. The number of anilines is 1. The number of ketones is 1. The highest BCUT2D eigenvalue weighted by atomic mass is 32.2. The average molecular weight is 496 g/mol. The van der Waals surface area contributed by atoms with Crippen molar-refractivity contribution >= 4 is 44.9 Å². The number of benzene rings is 1. The van der Waals surface area contributed by atoms with Crippen molar-refractivity contribution in [1.82, 2.24) is 18.7 Å². The second-order valence-electron chi connectivity index (χ2n) is 7.47. The van der Waals surface area contributed by atoms with Crippen molar-refractivity contribution in [3.63, 3.8) is 0 Å². The molecule has 0 spiro atoms. The number of rotatable bonds is 7. The third-order valence-corrected chi connectivity index (χ3v) is 7.43. The molecular formula is C23H21N5O4S2. The minimum absolute atomic E-state index is 0.192. The Bertz CT molecular complexity index is 1610. The molecule has 3 heterocycles. The lowest BCUT2D eigenvalue weighted by atomic mass is 10.2. The Labute approximate surface area is 201 Å². The van der Waals surface area contributed by atoms with Crippen LogP contribution in [0.15, 0.2) is 68.6 Å². The summed E-state index contributed by atoms with van der Waals surface area (Å²) in [5.74, 6) is -0.952. The number of carbonyl (C=O) groups is 1. The van der Waals surface area contributed by atoms with Crippen molar-refractivity contribution in [2.45, 2.75) is 11.7 Å². The second kappa shape index (κ2) is 9.27. The highest BCUT2D eigenvalue weighted by Gasteiger charge is 2.22. The third kappa shape index (κ3) is 4.03. The van der Waals surface area contributed by atoms with Crippen LogP contribution in [-0.2, 0) is 20.6 Å². The summed E-state index contributed by atoms with van der Waals surface area (Å²) in [5.41, 5.74) is 5.52. The highest BCUT2D eigenvalue weighted by molar-refractivity contribution is 7.99. The molecule has 0 aliphatic carbocycles. The Kier molecular flexibility index (Phi) is 6.40. The summed E-state index contributed by atoms with van der Waals surface area (Å²) in [7, 11) is 2.67. The van der Waals surface area contributed by atoms with Crippen LogP contribution in [0.2, 0.25) is 0 Å². The quantitative estimate of drug-likeness (QED) is 0.181. The van der Waals surface area contributed by atoms with Gasteiger partial charge < -0.3 is 5.73 Å². The predicted octanol–water partition coefficient (Wildman–Crippen LogP) is 2.27. The Morgan fingerprint density at radius 1 is 1.15 bits per heavy atom. The van der Waals surface area contributed by atoms with Crippen LogP contribution in [0.25, 0.3) is 20.7 Å². The average Bonchev–Trinajstić information content (AvgIpc) is 3.27. The van der Waals surface area contributed by atoms with Crippen molar-refractivity contribution in [3.8, 4) is 10.4 Å². The summed E-state index contributed by atoms with van der Waals surface area (Å²) in [4.78, 5) is 56.2. The van der Waals surface area contributed by atoms with Crippen LogP contribution in [0, 0.1) is 0 Å². The number of carbonyl (C=O) groups excluding carboxylic acids is 1. The van der Waals surface area contributed by atoms with Gasteiger partial charge in [-0.05, 0) is 11.6 Å². The molecule has 9 nitrogen and oxygen atoms in total. The van der Waals surface area contributed by atoms with E-state index >= 15 is 0 Å². The minimum atomic E-state index is -0.761. The molecule has 0 aliphatic heterocycles.